The van der Waals surface area contributed by atoms with E-state index < -0.39 is 41.5 Å². The van der Waals surface area contributed by atoms with Crippen LogP contribution in [0.2, 0.25) is 0 Å². The maximum absolute atomic E-state index is 13.8. The summed E-state index contributed by atoms with van der Waals surface area (Å²) in [6.07, 6.45) is 6.99. The molecule has 1 saturated carbocycles. The van der Waals surface area contributed by atoms with E-state index in [0.29, 0.717) is 25.1 Å². The summed E-state index contributed by atoms with van der Waals surface area (Å²) in [4.78, 5) is 69.1. The highest BCUT2D eigenvalue weighted by Crippen LogP contribution is 2.28. The molecule has 3 atom stereocenters. The number of Topliss-reactive ketones (excluding diaryl/α,β-unsaturated/α-hetero) is 1. The van der Waals surface area contributed by atoms with Crippen LogP contribution in [0, 0.1) is 17.3 Å². The van der Waals surface area contributed by atoms with Gasteiger partial charge in [0.25, 0.3) is 11.8 Å². The van der Waals surface area contributed by atoms with Crippen LogP contribution in [0.4, 0.5) is 0 Å². The number of ketones is 1. The van der Waals surface area contributed by atoms with E-state index in [9.17, 15) is 24.0 Å². The Morgan fingerprint density at radius 3 is 2.36 bits per heavy atom. The number of hydrogen-bond donors (Lipinski definition) is 5. The maximum atomic E-state index is 13.8. The molecule has 4 amide bonds. The molecule has 1 aromatic carbocycles. The number of carbonyl (C=O) groups excluding carboxylic acids is 5. The van der Waals surface area contributed by atoms with Crippen LogP contribution in [-0.4, -0.2) is 59.6 Å². The van der Waals surface area contributed by atoms with Gasteiger partial charge >= 0.3 is 0 Å². The minimum Gasteiger partial charge on any atom is -0.356 e. The van der Waals surface area contributed by atoms with E-state index in [4.69, 9.17) is 0 Å². The average molecular weight is 580 g/mol. The molecule has 4 rings (SSSR count). The molecule has 1 aliphatic heterocycles. The summed E-state index contributed by atoms with van der Waals surface area (Å²) in [6.45, 7) is 6.67. The maximum Gasteiger partial charge on any atom is 0.289 e. The first-order valence-corrected chi connectivity index (χ1v) is 15.3. The van der Waals surface area contributed by atoms with Crippen molar-refractivity contribution in [3.8, 4) is 0 Å². The Labute approximate surface area is 247 Å². The lowest BCUT2D eigenvalue weighted by Gasteiger charge is -2.29. The van der Waals surface area contributed by atoms with Crippen molar-refractivity contribution in [2.24, 2.45) is 17.3 Å². The summed E-state index contributed by atoms with van der Waals surface area (Å²) in [5.74, 6) is -2.95. The number of benzene rings is 1. The molecule has 1 aromatic heterocycles. The van der Waals surface area contributed by atoms with Gasteiger partial charge in [-0.3, -0.25) is 24.0 Å². The Balaban J connectivity index is 1.53. The Bertz CT molecular complexity index is 1260. The number of H-pyrrole nitrogens is 1. The fourth-order valence-corrected chi connectivity index (χ4v) is 5.86. The Hall–Kier alpha value is -3.69. The number of aromatic amines is 1. The second kappa shape index (κ2) is 14.0. The summed E-state index contributed by atoms with van der Waals surface area (Å²) in [6, 6.07) is 7.19. The lowest BCUT2D eigenvalue weighted by atomic mass is 9.84. The molecule has 0 unspecified atom stereocenters. The molecule has 42 heavy (non-hydrogen) atoms. The predicted octanol–water partition coefficient (Wildman–Crippen LogP) is 3.37. The van der Waals surface area contributed by atoms with Crippen molar-refractivity contribution in [2.75, 3.05) is 13.1 Å². The summed E-state index contributed by atoms with van der Waals surface area (Å²) in [7, 11) is 0. The average Bonchev–Trinajstić information content (AvgIpc) is 3.41. The van der Waals surface area contributed by atoms with Gasteiger partial charge in [-0.25, -0.2) is 0 Å². The molecule has 10 nitrogen and oxygen atoms in total. The number of amides is 4. The third-order valence-electron chi connectivity index (χ3n) is 8.25. The van der Waals surface area contributed by atoms with Crippen molar-refractivity contribution in [3.05, 3.63) is 36.0 Å². The van der Waals surface area contributed by atoms with Crippen LogP contribution >= 0.6 is 0 Å². The molecule has 1 saturated heterocycles. The first-order chi connectivity index (χ1) is 20.0. The predicted molar refractivity (Wildman–Crippen MR) is 160 cm³/mol. The zero-order valence-electron chi connectivity index (χ0n) is 25.0. The van der Waals surface area contributed by atoms with Gasteiger partial charge in [-0.2, -0.15) is 0 Å². The number of rotatable bonds is 11. The molecule has 228 valence electrons. The number of aromatic nitrogens is 1. The highest BCUT2D eigenvalue weighted by Gasteiger charge is 2.36. The molecule has 0 radical (unpaired) electrons. The van der Waals surface area contributed by atoms with Gasteiger partial charge in [0.15, 0.2) is 0 Å². The third kappa shape index (κ3) is 8.66. The van der Waals surface area contributed by atoms with E-state index in [-0.39, 0.29) is 30.2 Å². The topological polar surface area (TPSA) is 149 Å². The highest BCUT2D eigenvalue weighted by molar-refractivity contribution is 6.38. The molecule has 10 heteroatoms. The lowest BCUT2D eigenvalue weighted by Crippen LogP contribution is -2.55. The number of para-hydroxylation sites is 1. The monoisotopic (exact) mass is 579 g/mol. The summed E-state index contributed by atoms with van der Waals surface area (Å²) in [5, 5.41) is 12.0. The van der Waals surface area contributed by atoms with Crippen LogP contribution < -0.4 is 21.3 Å². The second-order valence-electron chi connectivity index (χ2n) is 13.1. The van der Waals surface area contributed by atoms with Crippen molar-refractivity contribution in [1.29, 1.82) is 0 Å². The first-order valence-electron chi connectivity index (χ1n) is 15.3. The number of fused-ring (bicyclic) bond motifs is 1. The quantitative estimate of drug-likeness (QED) is 0.259. The van der Waals surface area contributed by atoms with Crippen LogP contribution in [0.1, 0.15) is 89.0 Å². The van der Waals surface area contributed by atoms with E-state index in [1.807, 2.05) is 45.0 Å². The van der Waals surface area contributed by atoms with Crippen molar-refractivity contribution < 1.29 is 24.0 Å². The molecule has 2 aromatic rings. The smallest absolute Gasteiger partial charge is 0.289 e. The highest BCUT2D eigenvalue weighted by atomic mass is 16.2. The second-order valence-corrected chi connectivity index (χ2v) is 13.1. The van der Waals surface area contributed by atoms with Crippen LogP contribution in [0.3, 0.4) is 0 Å². The molecular weight excluding hydrogens is 534 g/mol. The molecule has 2 heterocycles. The van der Waals surface area contributed by atoms with Crippen LogP contribution in [0.5, 0.6) is 0 Å². The van der Waals surface area contributed by atoms with Crippen molar-refractivity contribution in [3.63, 3.8) is 0 Å². The fourth-order valence-electron chi connectivity index (χ4n) is 5.86. The summed E-state index contributed by atoms with van der Waals surface area (Å²) < 4.78 is 0. The Morgan fingerprint density at radius 1 is 0.929 bits per heavy atom. The molecular formula is C32H45N5O5. The van der Waals surface area contributed by atoms with Gasteiger partial charge in [-0.15, -0.1) is 0 Å². The standard InChI is InChI=1S/C32H45N5O5/c1-32(2,3)19-34-31(42)27(38)24(18-22-13-9-15-33-28(22)39)36-29(40)25(16-20-10-5-4-6-11-20)37-30(41)26-17-21-12-7-8-14-23(21)35-26/h7-8,12,14,17,20,22,24-25,35H,4-6,9-11,13,15-16,18-19H2,1-3H3,(H,33,39)(H,34,42)(H,36,40)(H,37,41)/t22-,24-,25-/m0/s1. The molecule has 0 bridgehead atoms. The largest absolute Gasteiger partial charge is 0.356 e. The molecule has 0 spiro atoms. The molecule has 1 aliphatic carbocycles. The van der Waals surface area contributed by atoms with Gasteiger partial charge in [0.05, 0.1) is 6.04 Å². The van der Waals surface area contributed by atoms with Crippen LogP contribution in [0.25, 0.3) is 10.9 Å². The van der Waals surface area contributed by atoms with Gasteiger partial charge in [-0.1, -0.05) is 71.1 Å². The minimum atomic E-state index is -1.19. The molecule has 2 aliphatic rings. The van der Waals surface area contributed by atoms with Crippen molar-refractivity contribution in [1.82, 2.24) is 26.3 Å². The van der Waals surface area contributed by atoms with E-state index in [2.05, 4.69) is 26.3 Å². The van der Waals surface area contributed by atoms with Crippen LogP contribution in [-0.2, 0) is 19.2 Å². The van der Waals surface area contributed by atoms with Gasteiger partial charge in [-0.05, 0) is 49.1 Å². The van der Waals surface area contributed by atoms with E-state index >= 15 is 0 Å². The Morgan fingerprint density at radius 2 is 1.67 bits per heavy atom. The minimum absolute atomic E-state index is 0.0193. The van der Waals surface area contributed by atoms with Crippen LogP contribution in [0.15, 0.2) is 30.3 Å². The SMILES string of the molecule is CC(C)(C)CNC(=O)C(=O)[C@H](C[C@@H]1CCCNC1=O)NC(=O)[C@H](CC1CCCCC1)NC(=O)c1cc2ccccc2[nH]1. The van der Waals surface area contributed by atoms with Gasteiger partial charge < -0.3 is 26.3 Å². The molecule has 2 fully saturated rings. The van der Waals surface area contributed by atoms with Crippen molar-refractivity contribution in [2.45, 2.75) is 90.6 Å². The first kappa shape index (κ1) is 31.3. The third-order valence-corrected chi connectivity index (χ3v) is 8.25. The summed E-state index contributed by atoms with van der Waals surface area (Å²) in [5.41, 5.74) is 0.912. The summed E-state index contributed by atoms with van der Waals surface area (Å²) >= 11 is 0. The van der Waals surface area contributed by atoms with E-state index in [1.54, 1.807) is 6.07 Å². The zero-order valence-corrected chi connectivity index (χ0v) is 25.0. The van der Waals surface area contributed by atoms with Crippen molar-refractivity contribution >= 4 is 40.3 Å². The number of piperidine rings is 1. The van der Waals surface area contributed by atoms with E-state index in [0.717, 1.165) is 49.4 Å². The van der Waals surface area contributed by atoms with Gasteiger partial charge in [0, 0.05) is 29.9 Å². The fraction of sp³-hybridized carbons (Fsp3) is 0.594. The van der Waals surface area contributed by atoms with Gasteiger partial charge in [0.1, 0.15) is 11.7 Å². The Kier molecular flexibility index (Phi) is 10.4. The number of carbonyl (C=O) groups is 5. The van der Waals surface area contributed by atoms with E-state index in [1.165, 1.54) is 0 Å². The molecule has 5 N–H and O–H groups in total. The number of hydrogen-bond acceptors (Lipinski definition) is 5. The normalized spacial score (nSPS) is 19.4. The van der Waals surface area contributed by atoms with Gasteiger partial charge in [0.2, 0.25) is 17.6 Å². The number of nitrogens with one attached hydrogen (secondary N) is 5. The zero-order chi connectivity index (χ0) is 30.3. The lowest BCUT2D eigenvalue weighted by molar-refractivity contribution is -0.141.